The first kappa shape index (κ1) is 17.5. The van der Waals surface area contributed by atoms with E-state index in [0.29, 0.717) is 12.6 Å². The molecule has 0 saturated carbocycles. The van der Waals surface area contributed by atoms with Crippen LogP contribution in [0.5, 0.6) is 0 Å². The first-order valence-electron chi connectivity index (χ1n) is 8.90. The average molecular weight is 341 g/mol. The highest BCUT2D eigenvalue weighted by molar-refractivity contribution is 5.74. The minimum Gasteiger partial charge on any atom is -0.337 e. The smallest absolute Gasteiger partial charge is 0.315 e. The Bertz CT molecular complexity index is 684. The summed E-state index contributed by atoms with van der Waals surface area (Å²) in [6.07, 6.45) is 5.56. The zero-order valence-electron chi connectivity index (χ0n) is 15.0. The maximum Gasteiger partial charge on any atom is 0.315 e. The third-order valence-electron chi connectivity index (χ3n) is 4.91. The van der Waals surface area contributed by atoms with Crippen molar-refractivity contribution in [3.63, 3.8) is 0 Å². The molecule has 2 aromatic rings. The number of nitrogens with one attached hydrogen (secondary N) is 2. The first-order valence-corrected chi connectivity index (χ1v) is 8.90. The minimum atomic E-state index is -0.114. The van der Waals surface area contributed by atoms with Gasteiger partial charge < -0.3 is 15.2 Å². The van der Waals surface area contributed by atoms with E-state index in [1.165, 1.54) is 5.56 Å². The summed E-state index contributed by atoms with van der Waals surface area (Å²) in [4.78, 5) is 18.8. The van der Waals surface area contributed by atoms with Crippen LogP contribution in [0, 0.1) is 0 Å². The third kappa shape index (κ3) is 4.82. The Morgan fingerprint density at radius 2 is 2.12 bits per heavy atom. The molecule has 0 aliphatic carbocycles. The van der Waals surface area contributed by atoms with Gasteiger partial charge in [-0.05, 0) is 25.3 Å². The van der Waals surface area contributed by atoms with Crippen LogP contribution in [-0.2, 0) is 20.1 Å². The maximum absolute atomic E-state index is 12.1. The van der Waals surface area contributed by atoms with E-state index in [9.17, 15) is 4.79 Å². The molecule has 1 aliphatic rings. The predicted octanol–water partition coefficient (Wildman–Crippen LogP) is 2.27. The summed E-state index contributed by atoms with van der Waals surface area (Å²) in [6, 6.07) is 11.1. The third-order valence-corrected chi connectivity index (χ3v) is 4.91. The van der Waals surface area contributed by atoms with Crippen molar-refractivity contribution in [1.29, 1.82) is 0 Å². The van der Waals surface area contributed by atoms with E-state index in [1.54, 1.807) is 6.20 Å². The Labute approximate surface area is 149 Å². The van der Waals surface area contributed by atoms with Crippen molar-refractivity contribution in [3.05, 3.63) is 54.1 Å². The second-order valence-electron chi connectivity index (χ2n) is 6.81. The number of carbonyl (C=O) groups is 1. The monoisotopic (exact) mass is 341 g/mol. The number of hydrogen-bond donors (Lipinski definition) is 2. The van der Waals surface area contributed by atoms with Crippen molar-refractivity contribution in [2.75, 3.05) is 6.54 Å². The lowest BCUT2D eigenvalue weighted by atomic mass is 9.97. The number of amides is 2. The molecule has 1 fully saturated rings. The number of benzene rings is 1. The van der Waals surface area contributed by atoms with Crippen LogP contribution < -0.4 is 10.6 Å². The van der Waals surface area contributed by atoms with E-state index < -0.39 is 0 Å². The van der Waals surface area contributed by atoms with Crippen LogP contribution in [0.25, 0.3) is 0 Å². The van der Waals surface area contributed by atoms with Gasteiger partial charge in [0.15, 0.2) is 0 Å². The molecule has 1 saturated heterocycles. The fourth-order valence-corrected chi connectivity index (χ4v) is 3.37. The molecule has 25 heavy (non-hydrogen) atoms. The Kier molecular flexibility index (Phi) is 5.71. The number of aromatic nitrogens is 2. The van der Waals surface area contributed by atoms with Crippen molar-refractivity contribution >= 4 is 6.03 Å². The summed E-state index contributed by atoms with van der Waals surface area (Å²) in [5.41, 5.74) is 1.34. The SMILES string of the molecule is C[C@@H]1C[C@H](NC(=O)NCc2nccn2C)CCN1Cc1ccccc1. The van der Waals surface area contributed by atoms with Gasteiger partial charge >= 0.3 is 6.03 Å². The van der Waals surface area contributed by atoms with E-state index in [0.717, 1.165) is 31.8 Å². The van der Waals surface area contributed by atoms with E-state index in [2.05, 4.69) is 51.7 Å². The molecule has 2 atom stereocenters. The molecule has 0 spiro atoms. The van der Waals surface area contributed by atoms with E-state index in [4.69, 9.17) is 0 Å². The maximum atomic E-state index is 12.1. The highest BCUT2D eigenvalue weighted by atomic mass is 16.2. The lowest BCUT2D eigenvalue weighted by molar-refractivity contribution is 0.130. The van der Waals surface area contributed by atoms with Gasteiger partial charge in [-0.15, -0.1) is 0 Å². The first-order chi connectivity index (χ1) is 12.1. The molecule has 1 aromatic heterocycles. The van der Waals surface area contributed by atoms with Gasteiger partial charge in [0.2, 0.25) is 0 Å². The van der Waals surface area contributed by atoms with E-state index in [-0.39, 0.29) is 12.1 Å². The number of rotatable bonds is 5. The van der Waals surface area contributed by atoms with Crippen LogP contribution in [-0.4, -0.2) is 39.1 Å². The van der Waals surface area contributed by atoms with Crippen LogP contribution in [0.1, 0.15) is 31.2 Å². The molecule has 0 radical (unpaired) electrons. The summed E-state index contributed by atoms with van der Waals surface area (Å²) >= 11 is 0. The second-order valence-corrected chi connectivity index (χ2v) is 6.81. The number of nitrogens with zero attached hydrogens (tertiary/aromatic N) is 3. The largest absolute Gasteiger partial charge is 0.337 e. The van der Waals surface area contributed by atoms with Crippen LogP contribution in [0.2, 0.25) is 0 Å². The number of urea groups is 1. The molecule has 2 amide bonds. The predicted molar refractivity (Wildman–Crippen MR) is 97.9 cm³/mol. The molecular weight excluding hydrogens is 314 g/mol. The quantitative estimate of drug-likeness (QED) is 0.877. The summed E-state index contributed by atoms with van der Waals surface area (Å²) in [5.74, 6) is 0.848. The van der Waals surface area contributed by atoms with Gasteiger partial charge in [0, 0.05) is 44.6 Å². The van der Waals surface area contributed by atoms with Gasteiger partial charge in [0.1, 0.15) is 5.82 Å². The van der Waals surface area contributed by atoms with Gasteiger partial charge in [-0.25, -0.2) is 9.78 Å². The van der Waals surface area contributed by atoms with Crippen LogP contribution >= 0.6 is 0 Å². The van der Waals surface area contributed by atoms with Gasteiger partial charge in [-0.2, -0.15) is 0 Å². The van der Waals surface area contributed by atoms with Crippen molar-refractivity contribution in [2.45, 2.75) is 44.9 Å². The van der Waals surface area contributed by atoms with E-state index >= 15 is 0 Å². The standard InChI is InChI=1S/C19H27N5O/c1-15-12-17(8-10-24(15)14-16-6-4-3-5-7-16)22-19(25)21-13-18-20-9-11-23(18)2/h3-7,9,11,15,17H,8,10,12-14H2,1-2H3,(H2,21,22,25)/t15-,17-/m1/s1. The number of likely N-dealkylation sites (tertiary alicyclic amines) is 1. The van der Waals surface area contributed by atoms with Gasteiger partial charge in [0.25, 0.3) is 0 Å². The summed E-state index contributed by atoms with van der Waals surface area (Å²) < 4.78 is 1.91. The fraction of sp³-hybridized carbons (Fsp3) is 0.474. The summed E-state index contributed by atoms with van der Waals surface area (Å²) in [6.45, 7) is 4.65. The molecule has 1 aliphatic heterocycles. The highest BCUT2D eigenvalue weighted by Crippen LogP contribution is 2.19. The molecule has 134 valence electrons. The molecule has 3 rings (SSSR count). The van der Waals surface area contributed by atoms with Crippen LogP contribution in [0.4, 0.5) is 4.79 Å². The average Bonchev–Trinajstić information content (AvgIpc) is 3.01. The number of piperidine rings is 1. The van der Waals surface area contributed by atoms with Crippen molar-refractivity contribution < 1.29 is 4.79 Å². The van der Waals surface area contributed by atoms with Crippen molar-refractivity contribution in [3.8, 4) is 0 Å². The molecule has 6 heteroatoms. The molecule has 2 N–H and O–H groups in total. The number of hydrogen-bond acceptors (Lipinski definition) is 3. The molecular formula is C19H27N5O. The lowest BCUT2D eigenvalue weighted by Crippen LogP contribution is -2.50. The topological polar surface area (TPSA) is 62.2 Å². The number of carbonyl (C=O) groups excluding carboxylic acids is 1. The molecule has 6 nitrogen and oxygen atoms in total. The lowest BCUT2D eigenvalue weighted by Gasteiger charge is -2.38. The summed E-state index contributed by atoms with van der Waals surface area (Å²) in [5, 5.41) is 5.99. The fourth-order valence-electron chi connectivity index (χ4n) is 3.37. The zero-order chi connectivity index (χ0) is 17.6. The van der Waals surface area contributed by atoms with Crippen LogP contribution in [0.15, 0.2) is 42.7 Å². The highest BCUT2D eigenvalue weighted by Gasteiger charge is 2.26. The Morgan fingerprint density at radius 3 is 2.80 bits per heavy atom. The van der Waals surface area contributed by atoms with E-state index in [1.807, 2.05) is 23.9 Å². The van der Waals surface area contributed by atoms with Gasteiger partial charge in [0.05, 0.1) is 6.54 Å². The molecule has 0 unspecified atom stereocenters. The van der Waals surface area contributed by atoms with Gasteiger partial charge in [-0.1, -0.05) is 30.3 Å². The van der Waals surface area contributed by atoms with Crippen molar-refractivity contribution in [1.82, 2.24) is 25.1 Å². The minimum absolute atomic E-state index is 0.114. The van der Waals surface area contributed by atoms with Gasteiger partial charge in [-0.3, -0.25) is 4.90 Å². The second kappa shape index (κ2) is 8.16. The Hall–Kier alpha value is -2.34. The molecule has 2 heterocycles. The normalized spacial score (nSPS) is 21.0. The van der Waals surface area contributed by atoms with Crippen molar-refractivity contribution in [2.24, 2.45) is 7.05 Å². The zero-order valence-corrected chi connectivity index (χ0v) is 15.0. The Morgan fingerprint density at radius 1 is 1.32 bits per heavy atom. The Balaban J connectivity index is 1.43. The number of aryl methyl sites for hydroxylation is 1. The summed E-state index contributed by atoms with van der Waals surface area (Å²) in [7, 11) is 1.92. The molecule has 1 aromatic carbocycles. The van der Waals surface area contributed by atoms with Crippen LogP contribution in [0.3, 0.4) is 0 Å². The molecule has 0 bridgehead atoms. The number of imidazole rings is 1.